The van der Waals surface area contributed by atoms with Crippen molar-refractivity contribution in [2.45, 2.75) is 80.4 Å². The molecule has 0 fully saturated rings. The van der Waals surface area contributed by atoms with Crippen molar-refractivity contribution < 1.29 is 0 Å². The van der Waals surface area contributed by atoms with Gasteiger partial charge in [-0.05, 0) is 56.7 Å². The minimum absolute atomic E-state index is 0.744. The summed E-state index contributed by atoms with van der Waals surface area (Å²) in [4.78, 5) is 14.0. The topological polar surface area (TPSA) is 37.1 Å². The Kier molecular flexibility index (Phi) is 9.21. The molecule has 0 aliphatic carbocycles. The zero-order chi connectivity index (χ0) is 17.9. The molecule has 0 aliphatic rings. The van der Waals surface area contributed by atoms with Crippen LogP contribution in [0.3, 0.4) is 0 Å². The highest BCUT2D eigenvalue weighted by atomic mass is 14.7. The summed E-state index contributed by atoms with van der Waals surface area (Å²) < 4.78 is 0. The third-order valence-corrected chi connectivity index (χ3v) is 4.24. The largest absolute Gasteiger partial charge is 0.290 e. The molecule has 0 unspecified atom stereocenters. The van der Waals surface area contributed by atoms with Gasteiger partial charge in [-0.15, -0.1) is 0 Å². The Hall–Kier alpha value is -1.77. The summed E-state index contributed by atoms with van der Waals surface area (Å²) in [6.45, 7) is 14.9. The van der Waals surface area contributed by atoms with Crippen LogP contribution in [0.2, 0.25) is 0 Å². The first kappa shape index (κ1) is 20.3. The van der Waals surface area contributed by atoms with Crippen molar-refractivity contribution in [3.8, 4) is 0 Å². The van der Waals surface area contributed by atoms with Crippen LogP contribution in [0.25, 0.3) is 0 Å². The Morgan fingerprint density at radius 2 is 0.833 bits per heavy atom. The number of benzene rings is 1. The number of nitrogens with zero attached hydrogens (tertiary/aromatic N) is 3. The van der Waals surface area contributed by atoms with Crippen LogP contribution in [0.4, 0.5) is 0 Å². The molecule has 0 N–H and O–H groups in total. The molecule has 132 valence electrons. The van der Waals surface area contributed by atoms with Crippen molar-refractivity contribution in [1.29, 1.82) is 0 Å². The number of hydrogen-bond acceptors (Lipinski definition) is 3. The zero-order valence-electron chi connectivity index (χ0n) is 16.3. The lowest BCUT2D eigenvalue weighted by Gasteiger charge is -2.08. The van der Waals surface area contributed by atoms with E-state index in [9.17, 15) is 0 Å². The molecule has 0 saturated heterocycles. The quantitative estimate of drug-likeness (QED) is 0.514. The highest BCUT2D eigenvalue weighted by Gasteiger charge is 2.02. The SMILES string of the molecule is CCC(C)=NCc1cc(CN=C(C)CC)cc(CN=C(C)CC)c1. The average molecular weight is 328 g/mol. The highest BCUT2D eigenvalue weighted by Crippen LogP contribution is 2.15. The van der Waals surface area contributed by atoms with Gasteiger partial charge in [0.05, 0.1) is 19.6 Å². The van der Waals surface area contributed by atoms with Gasteiger partial charge in [0.2, 0.25) is 0 Å². The van der Waals surface area contributed by atoms with E-state index in [4.69, 9.17) is 0 Å². The average Bonchev–Trinajstić information content (AvgIpc) is 2.61. The smallest absolute Gasteiger partial charge is 0.0639 e. The predicted octanol–water partition coefficient (Wildman–Crippen LogP) is 5.80. The van der Waals surface area contributed by atoms with Gasteiger partial charge in [0, 0.05) is 17.1 Å². The minimum Gasteiger partial charge on any atom is -0.290 e. The van der Waals surface area contributed by atoms with Crippen molar-refractivity contribution in [2.24, 2.45) is 15.0 Å². The highest BCUT2D eigenvalue weighted by molar-refractivity contribution is 5.82. The van der Waals surface area contributed by atoms with Gasteiger partial charge in [0.25, 0.3) is 0 Å². The zero-order valence-corrected chi connectivity index (χ0v) is 16.3. The molecule has 0 saturated carbocycles. The molecule has 3 nitrogen and oxygen atoms in total. The molecule has 0 bridgehead atoms. The van der Waals surface area contributed by atoms with E-state index in [0.717, 1.165) is 38.9 Å². The molecule has 0 amide bonds. The molecule has 0 atom stereocenters. The molecule has 3 heteroatoms. The lowest BCUT2D eigenvalue weighted by atomic mass is 10.1. The molecular weight excluding hydrogens is 294 g/mol. The molecular formula is C21H33N3. The van der Waals surface area contributed by atoms with Crippen LogP contribution in [0.1, 0.15) is 77.5 Å². The van der Waals surface area contributed by atoms with Gasteiger partial charge in [-0.1, -0.05) is 39.0 Å². The van der Waals surface area contributed by atoms with Gasteiger partial charge in [-0.2, -0.15) is 0 Å². The van der Waals surface area contributed by atoms with Gasteiger partial charge in [-0.25, -0.2) is 0 Å². The molecule has 1 rings (SSSR count). The van der Waals surface area contributed by atoms with Crippen LogP contribution in [0.5, 0.6) is 0 Å². The van der Waals surface area contributed by atoms with E-state index in [0.29, 0.717) is 0 Å². The third kappa shape index (κ3) is 7.67. The van der Waals surface area contributed by atoms with Crippen LogP contribution < -0.4 is 0 Å². The van der Waals surface area contributed by atoms with Crippen molar-refractivity contribution in [3.63, 3.8) is 0 Å². The molecule has 0 radical (unpaired) electrons. The molecule has 1 aromatic carbocycles. The minimum atomic E-state index is 0.744. The summed E-state index contributed by atoms with van der Waals surface area (Å²) in [7, 11) is 0. The second kappa shape index (κ2) is 10.9. The van der Waals surface area contributed by atoms with Crippen molar-refractivity contribution >= 4 is 17.1 Å². The normalized spacial score (nSPS) is 13.5. The Morgan fingerprint density at radius 1 is 0.583 bits per heavy atom. The van der Waals surface area contributed by atoms with Gasteiger partial charge in [0.1, 0.15) is 0 Å². The fraction of sp³-hybridized carbons (Fsp3) is 0.571. The summed E-state index contributed by atoms with van der Waals surface area (Å²) in [5.74, 6) is 0. The first-order chi connectivity index (χ1) is 11.5. The van der Waals surface area contributed by atoms with E-state index in [1.54, 1.807) is 0 Å². The Bertz CT molecular complexity index is 511. The Labute approximate surface area is 148 Å². The van der Waals surface area contributed by atoms with Gasteiger partial charge < -0.3 is 0 Å². The number of hydrogen-bond donors (Lipinski definition) is 0. The Balaban J connectivity index is 3.04. The van der Waals surface area contributed by atoms with Crippen molar-refractivity contribution in [1.82, 2.24) is 0 Å². The maximum absolute atomic E-state index is 4.66. The fourth-order valence-corrected chi connectivity index (χ4v) is 2.13. The summed E-state index contributed by atoms with van der Waals surface area (Å²) >= 11 is 0. The molecule has 0 heterocycles. The van der Waals surface area contributed by atoms with E-state index >= 15 is 0 Å². The molecule has 0 aromatic heterocycles. The lowest BCUT2D eigenvalue weighted by Crippen LogP contribution is -1.97. The monoisotopic (exact) mass is 327 g/mol. The Morgan fingerprint density at radius 3 is 1.04 bits per heavy atom. The van der Waals surface area contributed by atoms with Gasteiger partial charge >= 0.3 is 0 Å². The number of aliphatic imine (C=N–C) groups is 3. The second-order valence-electron chi connectivity index (χ2n) is 6.37. The molecule has 1 aromatic rings. The maximum atomic E-state index is 4.66. The van der Waals surface area contributed by atoms with E-state index in [2.05, 4.69) is 74.7 Å². The van der Waals surface area contributed by atoms with Crippen LogP contribution in [-0.4, -0.2) is 17.1 Å². The summed E-state index contributed by atoms with van der Waals surface area (Å²) in [6.07, 6.45) is 3.02. The first-order valence-electron chi connectivity index (χ1n) is 9.09. The van der Waals surface area contributed by atoms with Crippen LogP contribution in [-0.2, 0) is 19.6 Å². The molecule has 0 aliphatic heterocycles. The van der Waals surface area contributed by atoms with Gasteiger partial charge in [0.15, 0.2) is 0 Å². The summed E-state index contributed by atoms with van der Waals surface area (Å²) in [5.41, 5.74) is 7.35. The first-order valence-corrected chi connectivity index (χ1v) is 9.09. The van der Waals surface area contributed by atoms with E-state index < -0.39 is 0 Å². The van der Waals surface area contributed by atoms with Crippen LogP contribution >= 0.6 is 0 Å². The summed E-state index contributed by atoms with van der Waals surface area (Å²) in [5, 5.41) is 0. The molecule has 0 spiro atoms. The van der Waals surface area contributed by atoms with Crippen molar-refractivity contribution in [3.05, 3.63) is 34.9 Å². The third-order valence-electron chi connectivity index (χ3n) is 4.24. The van der Waals surface area contributed by atoms with Crippen LogP contribution in [0, 0.1) is 0 Å². The van der Waals surface area contributed by atoms with E-state index in [-0.39, 0.29) is 0 Å². The fourth-order valence-electron chi connectivity index (χ4n) is 2.13. The predicted molar refractivity (Wildman–Crippen MR) is 108 cm³/mol. The lowest BCUT2D eigenvalue weighted by molar-refractivity contribution is 0.972. The maximum Gasteiger partial charge on any atom is 0.0639 e. The second-order valence-corrected chi connectivity index (χ2v) is 6.37. The van der Waals surface area contributed by atoms with Crippen LogP contribution in [0.15, 0.2) is 33.2 Å². The standard InChI is InChI=1S/C21H33N3/c1-7-16(4)22-13-19-10-20(14-23-17(5)8-2)12-21(11-19)15-24-18(6)9-3/h10-12H,7-9,13-15H2,1-6H3. The molecule has 24 heavy (non-hydrogen) atoms. The van der Waals surface area contributed by atoms with E-state index in [1.165, 1.54) is 33.8 Å². The van der Waals surface area contributed by atoms with Gasteiger partial charge in [-0.3, -0.25) is 15.0 Å². The van der Waals surface area contributed by atoms with E-state index in [1.807, 2.05) is 0 Å². The van der Waals surface area contributed by atoms with Crippen molar-refractivity contribution in [2.75, 3.05) is 0 Å². The number of rotatable bonds is 9. The summed E-state index contributed by atoms with van der Waals surface area (Å²) in [6, 6.07) is 6.70.